The molecule has 18 heavy (non-hydrogen) atoms. The monoisotopic (exact) mass is 302 g/mol. The van der Waals surface area contributed by atoms with Crippen molar-refractivity contribution in [2.45, 2.75) is 27.7 Å². The van der Waals surface area contributed by atoms with Gasteiger partial charge in [0, 0.05) is 0 Å². The van der Waals surface area contributed by atoms with E-state index < -0.39 is 7.81 Å². The van der Waals surface area contributed by atoms with Crippen LogP contribution >= 0.6 is 7.81 Å². The molecule has 0 aromatic carbocycles. The van der Waals surface area contributed by atoms with Gasteiger partial charge < -0.3 is 0 Å². The van der Waals surface area contributed by atoms with Crippen LogP contribution in [0, 0.1) is 0 Å². The SMILES string of the molecule is CCN(C=[N+](CC)CC)CC.F[P-](F)(F)(F)(F)F. The van der Waals surface area contributed by atoms with Crippen molar-refractivity contribution in [3.05, 3.63) is 0 Å². The van der Waals surface area contributed by atoms with Crippen molar-refractivity contribution in [2.75, 3.05) is 26.2 Å². The third-order valence-corrected chi connectivity index (χ3v) is 1.95. The fourth-order valence-electron chi connectivity index (χ4n) is 1.00. The van der Waals surface area contributed by atoms with Gasteiger partial charge in [-0.3, -0.25) is 9.48 Å². The predicted octanol–water partition coefficient (Wildman–Crippen LogP) is 4.79. The van der Waals surface area contributed by atoms with E-state index in [-0.39, 0.29) is 0 Å². The molecule has 0 bridgehead atoms. The molecule has 0 aromatic heterocycles. The minimum atomic E-state index is -10.7. The molecule has 0 radical (unpaired) electrons. The zero-order valence-corrected chi connectivity index (χ0v) is 11.9. The first-order chi connectivity index (χ1) is 7.73. The van der Waals surface area contributed by atoms with E-state index in [0.717, 1.165) is 26.2 Å². The van der Waals surface area contributed by atoms with Gasteiger partial charge in [-0.1, -0.05) is 0 Å². The Kier molecular flexibility index (Phi) is 6.69. The van der Waals surface area contributed by atoms with E-state index in [4.69, 9.17) is 0 Å². The molecule has 0 heterocycles. The zero-order chi connectivity index (χ0) is 15.1. The van der Waals surface area contributed by atoms with Crippen molar-refractivity contribution in [2.24, 2.45) is 0 Å². The van der Waals surface area contributed by atoms with Crippen LogP contribution in [0.25, 0.3) is 0 Å². The molecule has 0 unspecified atom stereocenters. The van der Waals surface area contributed by atoms with Gasteiger partial charge in [0.15, 0.2) is 0 Å². The molecule has 0 rings (SSSR count). The van der Waals surface area contributed by atoms with Gasteiger partial charge in [0.1, 0.15) is 0 Å². The molecule has 0 fully saturated rings. The van der Waals surface area contributed by atoms with Crippen LogP contribution in [0.2, 0.25) is 0 Å². The van der Waals surface area contributed by atoms with Gasteiger partial charge in [0.2, 0.25) is 6.34 Å². The Hall–Kier alpha value is -0.520. The van der Waals surface area contributed by atoms with Crippen LogP contribution in [0.3, 0.4) is 0 Å². The maximum atomic E-state index is 9.87. The predicted molar refractivity (Wildman–Crippen MR) is 63.9 cm³/mol. The first-order valence-electron chi connectivity index (χ1n) is 5.62. The van der Waals surface area contributed by atoms with E-state index in [1.54, 1.807) is 0 Å². The quantitative estimate of drug-likeness (QED) is 0.233. The molecule has 0 amide bonds. The van der Waals surface area contributed by atoms with Crippen LogP contribution in [-0.4, -0.2) is 42.0 Å². The maximum absolute atomic E-state index is 10.7. The molecule has 0 saturated carbocycles. The number of hydrogen-bond donors (Lipinski definition) is 0. The fraction of sp³-hybridized carbons (Fsp3) is 0.889. The molecule has 9 heteroatoms. The second kappa shape index (κ2) is 6.08. The number of hydrogen-bond acceptors (Lipinski definition) is 0. The Labute approximate surface area is 104 Å². The Morgan fingerprint density at radius 1 is 0.833 bits per heavy atom. The van der Waals surface area contributed by atoms with Crippen LogP contribution in [0.1, 0.15) is 27.7 Å². The summed E-state index contributed by atoms with van der Waals surface area (Å²) in [5.74, 6) is 0. The first-order valence-corrected chi connectivity index (χ1v) is 7.65. The standard InChI is InChI=1S/C9H21N2.F6P/c1-5-10(6-2)9-11(7-3)8-4;1-7(2,3,4,5)6/h9H,5-8H2,1-4H3;/q+1;-1. The van der Waals surface area contributed by atoms with Crippen LogP contribution in [0.15, 0.2) is 0 Å². The van der Waals surface area contributed by atoms with E-state index >= 15 is 0 Å². The summed E-state index contributed by atoms with van der Waals surface area (Å²) in [5.41, 5.74) is 0. The molecule has 0 N–H and O–H groups in total. The second-order valence-electron chi connectivity index (χ2n) is 3.52. The molecule has 0 atom stereocenters. The van der Waals surface area contributed by atoms with Gasteiger partial charge in [-0.2, -0.15) is 0 Å². The number of rotatable bonds is 5. The Morgan fingerprint density at radius 3 is 1.28 bits per heavy atom. The second-order valence-corrected chi connectivity index (χ2v) is 5.43. The molecular weight excluding hydrogens is 281 g/mol. The Morgan fingerprint density at radius 2 is 1.11 bits per heavy atom. The average molecular weight is 302 g/mol. The Bertz CT molecular complexity index is 249. The van der Waals surface area contributed by atoms with Crippen molar-refractivity contribution in [3.8, 4) is 0 Å². The van der Waals surface area contributed by atoms with Gasteiger partial charge >= 0.3 is 33.0 Å². The van der Waals surface area contributed by atoms with Crippen LogP contribution in [0.4, 0.5) is 25.2 Å². The van der Waals surface area contributed by atoms with Gasteiger partial charge in [-0.05, 0) is 27.7 Å². The van der Waals surface area contributed by atoms with E-state index in [0.29, 0.717) is 0 Å². The first kappa shape index (κ1) is 19.8. The summed E-state index contributed by atoms with van der Waals surface area (Å²) in [7, 11) is -10.7. The zero-order valence-electron chi connectivity index (χ0n) is 11.0. The van der Waals surface area contributed by atoms with E-state index in [2.05, 4.69) is 43.5 Å². The summed E-state index contributed by atoms with van der Waals surface area (Å²) in [6.07, 6.45) is 2.22. The van der Waals surface area contributed by atoms with Crippen molar-refractivity contribution >= 4 is 14.1 Å². The molecule has 0 aliphatic carbocycles. The van der Waals surface area contributed by atoms with Crippen molar-refractivity contribution in [3.63, 3.8) is 0 Å². The Balaban J connectivity index is 0. The average Bonchev–Trinajstić information content (AvgIpc) is 2.15. The number of halogens is 6. The van der Waals surface area contributed by atoms with Gasteiger partial charge in [0.25, 0.3) is 0 Å². The molecule has 0 aliphatic heterocycles. The molecule has 2 nitrogen and oxygen atoms in total. The molecule has 0 spiro atoms. The molecule has 0 saturated heterocycles. The van der Waals surface area contributed by atoms with Gasteiger partial charge in [-0.15, -0.1) is 0 Å². The van der Waals surface area contributed by atoms with E-state index in [1.165, 1.54) is 0 Å². The molecule has 0 aliphatic rings. The molecule has 0 aromatic rings. The van der Waals surface area contributed by atoms with E-state index in [9.17, 15) is 25.2 Å². The summed E-state index contributed by atoms with van der Waals surface area (Å²) in [6.45, 7) is 13.2. The number of nitrogens with zero attached hydrogens (tertiary/aromatic N) is 2. The van der Waals surface area contributed by atoms with Crippen LogP contribution in [0.5, 0.6) is 0 Å². The summed E-state index contributed by atoms with van der Waals surface area (Å²) in [6, 6.07) is 0. The summed E-state index contributed by atoms with van der Waals surface area (Å²) in [4.78, 5) is 2.31. The van der Waals surface area contributed by atoms with Gasteiger partial charge in [-0.25, -0.2) is 0 Å². The van der Waals surface area contributed by atoms with Gasteiger partial charge in [0.05, 0.1) is 26.2 Å². The van der Waals surface area contributed by atoms with E-state index in [1.807, 2.05) is 0 Å². The van der Waals surface area contributed by atoms with Crippen molar-refractivity contribution < 1.29 is 29.8 Å². The summed E-state index contributed by atoms with van der Waals surface area (Å²) >= 11 is 0. The fourth-order valence-corrected chi connectivity index (χ4v) is 1.00. The molecule has 114 valence electrons. The topological polar surface area (TPSA) is 6.25 Å². The normalized spacial score (nSPS) is 14.8. The molecular formula is C9H21F6N2P. The summed E-state index contributed by atoms with van der Waals surface area (Å²) in [5, 5.41) is 0. The third kappa shape index (κ3) is 24.6. The van der Waals surface area contributed by atoms with Crippen molar-refractivity contribution in [1.82, 2.24) is 4.90 Å². The van der Waals surface area contributed by atoms with Crippen LogP contribution in [-0.2, 0) is 0 Å². The van der Waals surface area contributed by atoms with Crippen molar-refractivity contribution in [1.29, 1.82) is 0 Å². The summed E-state index contributed by atoms with van der Waals surface area (Å²) < 4.78 is 61.5. The minimum absolute atomic E-state index is 1.10. The third-order valence-electron chi connectivity index (χ3n) is 1.95. The van der Waals surface area contributed by atoms with Crippen LogP contribution < -0.4 is 0 Å².